The maximum absolute atomic E-state index is 5.31. The van der Waals surface area contributed by atoms with Gasteiger partial charge in [0.1, 0.15) is 5.75 Å². The monoisotopic (exact) mass is 262 g/mol. The van der Waals surface area contributed by atoms with Gasteiger partial charge in [-0.1, -0.05) is 12.1 Å². The molecule has 1 N–H and O–H groups in total. The molecule has 0 saturated carbocycles. The van der Waals surface area contributed by atoms with Crippen molar-refractivity contribution in [3.8, 4) is 5.75 Å². The van der Waals surface area contributed by atoms with E-state index < -0.39 is 0 Å². The number of ether oxygens (including phenoxy) is 1. The summed E-state index contributed by atoms with van der Waals surface area (Å²) in [5, 5.41) is 3.43. The molecule has 0 aromatic heterocycles. The minimum atomic E-state index is 0.435. The zero-order chi connectivity index (χ0) is 13.7. The van der Waals surface area contributed by atoms with E-state index in [2.05, 4.69) is 42.4 Å². The third-order valence-corrected chi connectivity index (χ3v) is 4.24. The molecule has 1 atom stereocenters. The summed E-state index contributed by atoms with van der Waals surface area (Å²) >= 11 is 0. The maximum atomic E-state index is 5.31. The quantitative estimate of drug-likeness (QED) is 0.883. The van der Waals surface area contributed by atoms with Crippen LogP contribution in [0.25, 0.3) is 0 Å². The summed E-state index contributed by atoms with van der Waals surface area (Å²) in [4.78, 5) is 2.46. The molecular weight excluding hydrogens is 236 g/mol. The smallest absolute Gasteiger partial charge is 0.119 e. The Morgan fingerprint density at radius 3 is 2.79 bits per heavy atom. The van der Waals surface area contributed by atoms with E-state index in [1.807, 2.05) is 6.07 Å². The second kappa shape index (κ2) is 6.92. The predicted molar refractivity (Wildman–Crippen MR) is 79.6 cm³/mol. The fourth-order valence-electron chi connectivity index (χ4n) is 2.79. The SMILES string of the molecule is COc1cccc(C(C)N(C)CC2CCNCC2)c1. The Kier molecular flexibility index (Phi) is 5.23. The zero-order valence-electron chi connectivity index (χ0n) is 12.4. The van der Waals surface area contributed by atoms with Gasteiger partial charge in [0.25, 0.3) is 0 Å². The average Bonchev–Trinajstić information content (AvgIpc) is 2.47. The van der Waals surface area contributed by atoms with E-state index in [9.17, 15) is 0 Å². The molecule has 2 rings (SSSR count). The predicted octanol–water partition coefficient (Wildman–Crippen LogP) is 2.69. The third kappa shape index (κ3) is 3.95. The van der Waals surface area contributed by atoms with Crippen LogP contribution in [-0.4, -0.2) is 38.7 Å². The first-order chi connectivity index (χ1) is 9.20. The molecule has 0 aliphatic carbocycles. The molecule has 3 nitrogen and oxygen atoms in total. The lowest BCUT2D eigenvalue weighted by atomic mass is 9.96. The van der Waals surface area contributed by atoms with Crippen LogP contribution in [0.15, 0.2) is 24.3 Å². The van der Waals surface area contributed by atoms with E-state index in [0.29, 0.717) is 6.04 Å². The van der Waals surface area contributed by atoms with Crippen LogP contribution in [0.2, 0.25) is 0 Å². The van der Waals surface area contributed by atoms with Crippen molar-refractivity contribution in [3.63, 3.8) is 0 Å². The summed E-state index contributed by atoms with van der Waals surface area (Å²) in [6.45, 7) is 5.80. The Balaban J connectivity index is 1.95. The maximum Gasteiger partial charge on any atom is 0.119 e. The van der Waals surface area contributed by atoms with Crippen molar-refractivity contribution in [1.82, 2.24) is 10.2 Å². The molecule has 1 heterocycles. The Bertz CT molecular complexity index is 388. The number of piperidine rings is 1. The molecule has 0 amide bonds. The summed E-state index contributed by atoms with van der Waals surface area (Å²) in [5.74, 6) is 1.78. The van der Waals surface area contributed by atoms with Crippen molar-refractivity contribution < 1.29 is 4.74 Å². The molecule has 1 aromatic carbocycles. The highest BCUT2D eigenvalue weighted by Gasteiger charge is 2.19. The third-order valence-electron chi connectivity index (χ3n) is 4.24. The van der Waals surface area contributed by atoms with Crippen LogP contribution < -0.4 is 10.1 Å². The molecule has 0 spiro atoms. The van der Waals surface area contributed by atoms with Crippen LogP contribution in [0.3, 0.4) is 0 Å². The van der Waals surface area contributed by atoms with E-state index in [1.165, 1.54) is 38.0 Å². The number of rotatable bonds is 5. The highest BCUT2D eigenvalue weighted by Crippen LogP contribution is 2.24. The molecule has 1 aliphatic heterocycles. The van der Waals surface area contributed by atoms with Crippen molar-refractivity contribution in [2.24, 2.45) is 5.92 Å². The normalized spacial score (nSPS) is 18.5. The summed E-state index contributed by atoms with van der Waals surface area (Å²) in [6, 6.07) is 8.84. The van der Waals surface area contributed by atoms with E-state index >= 15 is 0 Å². The molecule has 1 fully saturated rings. The van der Waals surface area contributed by atoms with Gasteiger partial charge in [0.15, 0.2) is 0 Å². The number of hydrogen-bond donors (Lipinski definition) is 1. The fourth-order valence-corrected chi connectivity index (χ4v) is 2.79. The van der Waals surface area contributed by atoms with Crippen molar-refractivity contribution in [3.05, 3.63) is 29.8 Å². The number of nitrogens with zero attached hydrogens (tertiary/aromatic N) is 1. The fraction of sp³-hybridized carbons (Fsp3) is 0.625. The van der Waals surface area contributed by atoms with Crippen LogP contribution >= 0.6 is 0 Å². The van der Waals surface area contributed by atoms with E-state index in [-0.39, 0.29) is 0 Å². The summed E-state index contributed by atoms with van der Waals surface area (Å²) in [5.41, 5.74) is 1.33. The van der Waals surface area contributed by atoms with Crippen LogP contribution in [0.4, 0.5) is 0 Å². The number of methoxy groups -OCH3 is 1. The second-order valence-corrected chi connectivity index (χ2v) is 5.59. The largest absolute Gasteiger partial charge is 0.497 e. The van der Waals surface area contributed by atoms with Crippen molar-refractivity contribution in [1.29, 1.82) is 0 Å². The Morgan fingerprint density at radius 2 is 2.11 bits per heavy atom. The molecule has 1 unspecified atom stereocenters. The van der Waals surface area contributed by atoms with Gasteiger partial charge in [-0.25, -0.2) is 0 Å². The molecule has 1 saturated heterocycles. The molecule has 3 heteroatoms. The van der Waals surface area contributed by atoms with Crippen LogP contribution in [0.5, 0.6) is 5.75 Å². The second-order valence-electron chi connectivity index (χ2n) is 5.59. The molecule has 1 aliphatic rings. The van der Waals surface area contributed by atoms with Gasteiger partial charge in [-0.05, 0) is 63.5 Å². The first-order valence-corrected chi connectivity index (χ1v) is 7.25. The van der Waals surface area contributed by atoms with Gasteiger partial charge in [-0.2, -0.15) is 0 Å². The lowest BCUT2D eigenvalue weighted by Crippen LogP contribution is -2.35. The van der Waals surface area contributed by atoms with E-state index in [4.69, 9.17) is 4.74 Å². The summed E-state index contributed by atoms with van der Waals surface area (Å²) in [7, 11) is 3.95. The van der Waals surface area contributed by atoms with Gasteiger partial charge < -0.3 is 10.1 Å². The van der Waals surface area contributed by atoms with Gasteiger partial charge in [-0.3, -0.25) is 4.90 Å². The van der Waals surface area contributed by atoms with Gasteiger partial charge in [0.05, 0.1) is 7.11 Å². The average molecular weight is 262 g/mol. The number of nitrogens with one attached hydrogen (secondary N) is 1. The van der Waals surface area contributed by atoms with Crippen LogP contribution in [0, 0.1) is 5.92 Å². The van der Waals surface area contributed by atoms with Gasteiger partial charge in [0, 0.05) is 12.6 Å². The topological polar surface area (TPSA) is 24.5 Å². The lowest BCUT2D eigenvalue weighted by Gasteiger charge is -2.31. The molecule has 0 radical (unpaired) electrons. The molecule has 19 heavy (non-hydrogen) atoms. The lowest BCUT2D eigenvalue weighted by molar-refractivity contribution is 0.196. The van der Waals surface area contributed by atoms with Crippen LogP contribution in [0.1, 0.15) is 31.4 Å². The van der Waals surface area contributed by atoms with Crippen molar-refractivity contribution >= 4 is 0 Å². The minimum Gasteiger partial charge on any atom is -0.497 e. The van der Waals surface area contributed by atoms with Gasteiger partial charge >= 0.3 is 0 Å². The van der Waals surface area contributed by atoms with Gasteiger partial charge in [-0.15, -0.1) is 0 Å². The van der Waals surface area contributed by atoms with Crippen LogP contribution in [-0.2, 0) is 0 Å². The highest BCUT2D eigenvalue weighted by atomic mass is 16.5. The highest BCUT2D eigenvalue weighted by molar-refractivity contribution is 5.30. The Morgan fingerprint density at radius 1 is 1.37 bits per heavy atom. The van der Waals surface area contributed by atoms with Crippen molar-refractivity contribution in [2.75, 3.05) is 33.8 Å². The molecule has 1 aromatic rings. The van der Waals surface area contributed by atoms with E-state index in [1.54, 1.807) is 7.11 Å². The van der Waals surface area contributed by atoms with Gasteiger partial charge in [0.2, 0.25) is 0 Å². The minimum absolute atomic E-state index is 0.435. The molecular formula is C16H26N2O. The van der Waals surface area contributed by atoms with E-state index in [0.717, 1.165) is 11.7 Å². The standard InChI is InChI=1S/C16H26N2O/c1-13(15-5-4-6-16(11-15)19-3)18(2)12-14-7-9-17-10-8-14/h4-6,11,13-14,17H,7-10,12H2,1-3H3. The zero-order valence-corrected chi connectivity index (χ0v) is 12.4. The molecule has 0 bridgehead atoms. The summed E-state index contributed by atoms with van der Waals surface area (Å²) in [6.07, 6.45) is 2.60. The van der Waals surface area contributed by atoms with Crippen molar-refractivity contribution in [2.45, 2.75) is 25.8 Å². The Labute approximate surface area is 116 Å². The summed E-state index contributed by atoms with van der Waals surface area (Å²) < 4.78 is 5.31. The number of hydrogen-bond acceptors (Lipinski definition) is 3. The Hall–Kier alpha value is -1.06. The molecule has 106 valence electrons. The first-order valence-electron chi connectivity index (χ1n) is 7.25. The number of benzene rings is 1. The first kappa shape index (κ1) is 14.4.